The van der Waals surface area contributed by atoms with Gasteiger partial charge in [-0.3, -0.25) is 0 Å². The van der Waals surface area contributed by atoms with Crippen LogP contribution in [0.2, 0.25) is 5.02 Å². The third-order valence-electron chi connectivity index (χ3n) is 4.14. The van der Waals surface area contributed by atoms with Crippen molar-refractivity contribution in [1.82, 2.24) is 14.9 Å². The number of rotatable bonds is 5. The van der Waals surface area contributed by atoms with Gasteiger partial charge in [-0.05, 0) is 29.8 Å². The molecule has 4 aromatic rings. The van der Waals surface area contributed by atoms with Crippen LogP contribution in [0.15, 0.2) is 62.9 Å². The Labute approximate surface area is 169 Å². The van der Waals surface area contributed by atoms with E-state index in [0.717, 1.165) is 16.5 Å². The number of aromatic nitrogens is 3. The van der Waals surface area contributed by atoms with Gasteiger partial charge < -0.3 is 15.0 Å². The number of ether oxygens (including phenoxy) is 1. The third kappa shape index (κ3) is 3.56. The van der Waals surface area contributed by atoms with Gasteiger partial charge in [-0.1, -0.05) is 35.5 Å². The minimum Gasteiger partial charge on any atom is -0.497 e. The van der Waals surface area contributed by atoms with E-state index in [1.165, 1.54) is 22.5 Å². The Morgan fingerprint density at radius 1 is 1.21 bits per heavy atom. The third-order valence-corrected chi connectivity index (χ3v) is 5.37. The summed E-state index contributed by atoms with van der Waals surface area (Å²) in [5.74, 6) is 7.76. The molecule has 0 fully saturated rings. The first-order chi connectivity index (χ1) is 13.5. The van der Waals surface area contributed by atoms with Crippen LogP contribution in [0.4, 0.5) is 0 Å². The van der Waals surface area contributed by atoms with Crippen molar-refractivity contribution >= 4 is 34.3 Å². The normalized spacial score (nSPS) is 11.1. The molecule has 0 saturated heterocycles. The highest BCUT2D eigenvalue weighted by atomic mass is 35.5. The highest BCUT2D eigenvalue weighted by molar-refractivity contribution is 7.98. The lowest BCUT2D eigenvalue weighted by molar-refractivity contribution is 0.414. The van der Waals surface area contributed by atoms with Crippen molar-refractivity contribution in [3.8, 4) is 17.1 Å². The molecule has 0 aliphatic heterocycles. The smallest absolute Gasteiger partial charge is 0.336 e. The standard InChI is InChI=1S/C19H15ClN4O3S/c1-26-14-5-6-15-12(8-17(25)27-16(15)9-14)10-28-19-23-22-18(24(19)21)11-3-2-4-13(20)7-11/h2-9H,10,21H2,1H3. The topological polar surface area (TPSA) is 96.2 Å². The first-order valence-electron chi connectivity index (χ1n) is 8.25. The molecular formula is C19H15ClN4O3S. The van der Waals surface area contributed by atoms with E-state index < -0.39 is 5.63 Å². The lowest BCUT2D eigenvalue weighted by atomic mass is 10.1. The lowest BCUT2D eigenvalue weighted by Gasteiger charge is -2.07. The predicted molar refractivity (Wildman–Crippen MR) is 109 cm³/mol. The Bertz CT molecular complexity index is 1220. The molecule has 0 spiro atoms. The van der Waals surface area contributed by atoms with Crippen LogP contribution < -0.4 is 16.2 Å². The number of methoxy groups -OCH3 is 1. The van der Waals surface area contributed by atoms with Gasteiger partial charge >= 0.3 is 5.63 Å². The molecule has 4 rings (SSSR count). The van der Waals surface area contributed by atoms with Crippen LogP contribution >= 0.6 is 23.4 Å². The largest absolute Gasteiger partial charge is 0.497 e. The van der Waals surface area contributed by atoms with E-state index in [2.05, 4.69) is 10.2 Å². The maximum absolute atomic E-state index is 11.9. The second-order valence-corrected chi connectivity index (χ2v) is 7.31. The average Bonchev–Trinajstić information content (AvgIpc) is 3.06. The Morgan fingerprint density at radius 3 is 2.86 bits per heavy atom. The molecule has 0 atom stereocenters. The fourth-order valence-electron chi connectivity index (χ4n) is 2.80. The lowest BCUT2D eigenvalue weighted by Crippen LogP contribution is -2.11. The summed E-state index contributed by atoms with van der Waals surface area (Å²) in [5, 5.41) is 10.2. The first-order valence-corrected chi connectivity index (χ1v) is 9.61. The molecule has 2 heterocycles. The SMILES string of the molecule is COc1ccc2c(CSc3nnc(-c4cccc(Cl)c4)n3N)cc(=O)oc2c1. The highest BCUT2D eigenvalue weighted by Gasteiger charge is 2.14. The van der Waals surface area contributed by atoms with Crippen molar-refractivity contribution in [3.63, 3.8) is 0 Å². The maximum atomic E-state index is 11.9. The van der Waals surface area contributed by atoms with Crippen molar-refractivity contribution in [2.75, 3.05) is 13.0 Å². The van der Waals surface area contributed by atoms with Crippen molar-refractivity contribution in [3.05, 3.63) is 69.5 Å². The molecule has 0 radical (unpaired) electrons. The number of benzene rings is 2. The predicted octanol–water partition coefficient (Wildman–Crippen LogP) is 3.72. The fourth-order valence-corrected chi connectivity index (χ4v) is 3.84. The van der Waals surface area contributed by atoms with E-state index in [1.807, 2.05) is 24.3 Å². The summed E-state index contributed by atoms with van der Waals surface area (Å²) in [6, 6.07) is 14.1. The minimum atomic E-state index is -0.426. The van der Waals surface area contributed by atoms with Crippen molar-refractivity contribution in [1.29, 1.82) is 0 Å². The highest BCUT2D eigenvalue weighted by Crippen LogP contribution is 2.29. The second-order valence-electron chi connectivity index (χ2n) is 5.93. The van der Waals surface area contributed by atoms with Crippen LogP contribution in [0, 0.1) is 0 Å². The van der Waals surface area contributed by atoms with Crippen molar-refractivity contribution < 1.29 is 9.15 Å². The molecule has 9 heteroatoms. The Kier molecular flexibility index (Phi) is 4.97. The zero-order valence-electron chi connectivity index (χ0n) is 14.8. The van der Waals surface area contributed by atoms with Gasteiger partial charge in [0.25, 0.3) is 0 Å². The zero-order valence-corrected chi connectivity index (χ0v) is 16.3. The number of thioether (sulfide) groups is 1. The van der Waals surface area contributed by atoms with Crippen LogP contribution in [-0.2, 0) is 5.75 Å². The van der Waals surface area contributed by atoms with Gasteiger partial charge in [-0.25, -0.2) is 9.47 Å². The molecular weight excluding hydrogens is 400 g/mol. The molecule has 0 saturated carbocycles. The van der Waals surface area contributed by atoms with E-state index in [-0.39, 0.29) is 0 Å². The van der Waals surface area contributed by atoms with Crippen molar-refractivity contribution in [2.24, 2.45) is 0 Å². The van der Waals surface area contributed by atoms with Crippen molar-refractivity contribution in [2.45, 2.75) is 10.9 Å². The summed E-state index contributed by atoms with van der Waals surface area (Å²) < 4.78 is 11.9. The summed E-state index contributed by atoms with van der Waals surface area (Å²) in [4.78, 5) is 11.9. The minimum absolute atomic E-state index is 0.426. The number of nitrogens with two attached hydrogens (primary N) is 1. The molecule has 0 amide bonds. The van der Waals surface area contributed by atoms with E-state index in [0.29, 0.717) is 33.1 Å². The summed E-state index contributed by atoms with van der Waals surface area (Å²) in [6.07, 6.45) is 0. The molecule has 2 aromatic carbocycles. The molecule has 7 nitrogen and oxygen atoms in total. The van der Waals surface area contributed by atoms with Gasteiger partial charge in [0.15, 0.2) is 5.82 Å². The number of nitrogens with zero attached hydrogens (tertiary/aromatic N) is 3. The van der Waals surface area contributed by atoms with E-state index in [9.17, 15) is 4.79 Å². The maximum Gasteiger partial charge on any atom is 0.336 e. The van der Waals surface area contributed by atoms with Crippen LogP contribution in [-0.4, -0.2) is 22.0 Å². The number of hydrogen-bond donors (Lipinski definition) is 1. The van der Waals surface area contributed by atoms with Gasteiger partial charge in [0, 0.05) is 33.9 Å². The number of hydrogen-bond acceptors (Lipinski definition) is 7. The molecule has 2 aromatic heterocycles. The Hall–Kier alpha value is -2.97. The molecule has 0 aliphatic carbocycles. The van der Waals surface area contributed by atoms with Gasteiger partial charge in [0.2, 0.25) is 5.16 Å². The Balaban J connectivity index is 1.63. The first kappa shape index (κ1) is 18.4. The second kappa shape index (κ2) is 7.57. The van der Waals surface area contributed by atoms with Crippen LogP contribution in [0.1, 0.15) is 5.56 Å². The monoisotopic (exact) mass is 414 g/mol. The van der Waals surface area contributed by atoms with Crippen LogP contribution in [0.5, 0.6) is 5.75 Å². The summed E-state index contributed by atoms with van der Waals surface area (Å²) >= 11 is 7.41. The quantitative estimate of drug-likeness (QED) is 0.302. The number of fused-ring (bicyclic) bond motifs is 1. The zero-order chi connectivity index (χ0) is 19.7. The van der Waals surface area contributed by atoms with Gasteiger partial charge in [0.05, 0.1) is 7.11 Å². The summed E-state index contributed by atoms with van der Waals surface area (Å²) in [7, 11) is 1.56. The van der Waals surface area contributed by atoms with Crippen LogP contribution in [0.3, 0.4) is 0 Å². The average molecular weight is 415 g/mol. The Morgan fingerprint density at radius 2 is 2.07 bits per heavy atom. The summed E-state index contributed by atoms with van der Waals surface area (Å²) in [6.45, 7) is 0. The number of nitrogen functional groups attached to an aromatic ring is 1. The van der Waals surface area contributed by atoms with Gasteiger partial charge in [-0.2, -0.15) is 0 Å². The fraction of sp³-hybridized carbons (Fsp3) is 0.105. The number of halogens is 1. The van der Waals surface area contributed by atoms with Gasteiger partial charge in [-0.15, -0.1) is 10.2 Å². The van der Waals surface area contributed by atoms with Crippen LogP contribution in [0.25, 0.3) is 22.4 Å². The molecule has 0 aliphatic rings. The molecule has 0 unspecified atom stereocenters. The van der Waals surface area contributed by atoms with E-state index in [4.69, 9.17) is 26.6 Å². The van der Waals surface area contributed by atoms with E-state index in [1.54, 1.807) is 25.3 Å². The van der Waals surface area contributed by atoms with Gasteiger partial charge in [0.1, 0.15) is 11.3 Å². The molecule has 28 heavy (non-hydrogen) atoms. The molecule has 2 N–H and O–H groups in total. The van der Waals surface area contributed by atoms with E-state index >= 15 is 0 Å². The summed E-state index contributed by atoms with van der Waals surface area (Å²) in [5.41, 5.74) is 1.62. The molecule has 0 bridgehead atoms. The molecule has 142 valence electrons.